The van der Waals surface area contributed by atoms with Gasteiger partial charge in [0.1, 0.15) is 0 Å². The van der Waals surface area contributed by atoms with E-state index in [0.717, 1.165) is 27.7 Å². The summed E-state index contributed by atoms with van der Waals surface area (Å²) in [6, 6.07) is 14.0. The van der Waals surface area contributed by atoms with Crippen molar-refractivity contribution in [3.8, 4) is 0 Å². The monoisotopic (exact) mass is 350 g/mol. The third kappa shape index (κ3) is 2.93. The maximum Gasteiger partial charge on any atom is 0.252 e. The summed E-state index contributed by atoms with van der Waals surface area (Å²) in [6.07, 6.45) is 1.66. The summed E-state index contributed by atoms with van der Waals surface area (Å²) in [5.74, 6) is 0.853. The summed E-state index contributed by atoms with van der Waals surface area (Å²) < 4.78 is 1.94. The fourth-order valence-electron chi connectivity index (χ4n) is 3.14. The van der Waals surface area contributed by atoms with Crippen molar-refractivity contribution in [3.63, 3.8) is 0 Å². The molecule has 3 heterocycles. The minimum atomic E-state index is -0.0815. The molecule has 0 unspecified atom stereocenters. The van der Waals surface area contributed by atoms with Gasteiger partial charge in [0.15, 0.2) is 5.82 Å². The molecule has 3 aromatic rings. The first kappa shape index (κ1) is 15.9. The van der Waals surface area contributed by atoms with Crippen molar-refractivity contribution >= 4 is 22.6 Å². The summed E-state index contributed by atoms with van der Waals surface area (Å²) in [5.41, 5.74) is 3.81. The first-order valence-electron chi connectivity index (χ1n) is 8.14. The number of pyridine rings is 1. The van der Waals surface area contributed by atoms with E-state index in [-0.39, 0.29) is 10.8 Å². The number of aromatic nitrogens is 3. The highest BCUT2D eigenvalue weighted by Gasteiger charge is 2.31. The Balaban J connectivity index is 1.82. The minimum Gasteiger partial charge on any atom is -0.329 e. The number of nitrogens with one attached hydrogen (secondary N) is 1. The van der Waals surface area contributed by atoms with E-state index in [2.05, 4.69) is 17.1 Å². The summed E-state index contributed by atoms with van der Waals surface area (Å²) in [4.78, 5) is 19.8. The van der Waals surface area contributed by atoms with Gasteiger partial charge in [0, 0.05) is 17.3 Å². The van der Waals surface area contributed by atoms with E-state index in [1.165, 1.54) is 5.56 Å². The second-order valence-corrected chi connectivity index (χ2v) is 7.35. The molecule has 5 nitrogen and oxygen atoms in total. The van der Waals surface area contributed by atoms with Crippen molar-refractivity contribution in [2.75, 3.05) is 0 Å². The molecule has 6 heteroatoms. The third-order valence-electron chi connectivity index (χ3n) is 4.27. The zero-order chi connectivity index (χ0) is 17.4. The number of H-pyrrole nitrogens is 1. The molecule has 0 spiro atoms. The maximum absolute atomic E-state index is 12.3. The molecule has 1 aromatic carbocycles. The lowest BCUT2D eigenvalue weighted by Crippen LogP contribution is -2.17. The van der Waals surface area contributed by atoms with E-state index in [1.54, 1.807) is 18.0 Å². The van der Waals surface area contributed by atoms with Crippen molar-refractivity contribution in [1.82, 2.24) is 14.8 Å². The lowest BCUT2D eigenvalue weighted by Gasteiger charge is -2.21. The van der Waals surface area contributed by atoms with Crippen LogP contribution in [0.1, 0.15) is 34.6 Å². The molecule has 0 saturated carbocycles. The van der Waals surface area contributed by atoms with E-state index >= 15 is 0 Å². The molecule has 126 valence electrons. The van der Waals surface area contributed by atoms with Crippen LogP contribution in [0.15, 0.2) is 58.4 Å². The summed E-state index contributed by atoms with van der Waals surface area (Å²) >= 11 is 1.61. The zero-order valence-corrected chi connectivity index (χ0v) is 14.9. The second kappa shape index (κ2) is 6.37. The average molecular weight is 350 g/mol. The molecule has 1 N–H and O–H groups in total. The Kier molecular flexibility index (Phi) is 4.05. The highest BCUT2D eigenvalue weighted by atomic mass is 32.2. The first-order chi connectivity index (χ1) is 12.1. The Morgan fingerprint density at radius 1 is 1.16 bits per heavy atom. The molecular formula is C19H18N4OS. The number of hydrogen-bond acceptors (Lipinski definition) is 4. The normalized spacial score (nSPS) is 16.4. The number of rotatable bonds is 3. The predicted molar refractivity (Wildman–Crippen MR) is 102 cm³/mol. The number of thioether (sulfide) groups is 1. The molecule has 4 rings (SSSR count). The number of hydrogen-bond donors (Lipinski definition) is 1. The zero-order valence-electron chi connectivity index (χ0n) is 14.1. The Hall–Kier alpha value is -2.60. The third-order valence-corrected chi connectivity index (χ3v) is 5.42. The molecule has 0 saturated heterocycles. The lowest BCUT2D eigenvalue weighted by molar-refractivity contribution is 0.683. The molecule has 1 aliphatic heterocycles. The van der Waals surface area contributed by atoms with Gasteiger partial charge in [-0.3, -0.25) is 4.79 Å². The molecule has 0 bridgehead atoms. The standard InChI is InChI=1S/C19H18N4OS/c1-12-16-17(15-9-6-10-20-19(15)24)25-13(2)21-18(16)23(22-12)11-14-7-4-3-5-8-14/h3-10,17H,11H2,1-2H3,(H,20,24)/t17-/m1/s1. The number of fused-ring (bicyclic) bond motifs is 1. The Labute approximate surface area is 149 Å². The quantitative estimate of drug-likeness (QED) is 0.781. The Morgan fingerprint density at radius 3 is 2.72 bits per heavy atom. The second-order valence-electron chi connectivity index (χ2n) is 6.05. The van der Waals surface area contributed by atoms with Crippen LogP contribution in [0.25, 0.3) is 0 Å². The van der Waals surface area contributed by atoms with Crippen molar-refractivity contribution in [2.45, 2.75) is 25.6 Å². The Morgan fingerprint density at radius 2 is 1.96 bits per heavy atom. The molecule has 0 aliphatic carbocycles. The maximum atomic E-state index is 12.3. The van der Waals surface area contributed by atoms with Crippen molar-refractivity contribution in [2.24, 2.45) is 4.99 Å². The van der Waals surface area contributed by atoms with E-state index in [0.29, 0.717) is 6.54 Å². The van der Waals surface area contributed by atoms with Crippen LogP contribution in [-0.4, -0.2) is 19.8 Å². The van der Waals surface area contributed by atoms with E-state index in [1.807, 2.05) is 48.9 Å². The lowest BCUT2D eigenvalue weighted by atomic mass is 10.1. The average Bonchev–Trinajstić information content (AvgIpc) is 2.91. The summed E-state index contributed by atoms with van der Waals surface area (Å²) in [6.45, 7) is 4.63. The molecule has 0 amide bonds. The van der Waals surface area contributed by atoms with Gasteiger partial charge < -0.3 is 4.98 Å². The fraction of sp³-hybridized carbons (Fsp3) is 0.211. The van der Waals surface area contributed by atoms with Crippen molar-refractivity contribution in [1.29, 1.82) is 0 Å². The van der Waals surface area contributed by atoms with Gasteiger partial charge in [0.05, 0.1) is 22.5 Å². The number of nitrogens with zero attached hydrogens (tertiary/aromatic N) is 3. The number of benzene rings is 1. The fourth-order valence-corrected chi connectivity index (χ4v) is 4.33. The molecule has 1 aliphatic rings. The van der Waals surface area contributed by atoms with Crippen molar-refractivity contribution in [3.05, 3.63) is 81.4 Å². The molecular weight excluding hydrogens is 332 g/mol. The van der Waals surface area contributed by atoms with Crippen LogP contribution in [0, 0.1) is 6.92 Å². The number of aromatic amines is 1. The summed E-state index contributed by atoms with van der Waals surface area (Å²) in [5, 5.41) is 5.57. The van der Waals surface area contributed by atoms with E-state index in [9.17, 15) is 4.79 Å². The van der Waals surface area contributed by atoms with Gasteiger partial charge in [-0.1, -0.05) is 48.2 Å². The van der Waals surface area contributed by atoms with Gasteiger partial charge in [-0.15, -0.1) is 0 Å². The van der Waals surface area contributed by atoms with Crippen LogP contribution < -0.4 is 5.56 Å². The van der Waals surface area contributed by atoms with Gasteiger partial charge >= 0.3 is 0 Å². The smallest absolute Gasteiger partial charge is 0.252 e. The molecule has 0 radical (unpaired) electrons. The topological polar surface area (TPSA) is 63.0 Å². The van der Waals surface area contributed by atoms with E-state index < -0.39 is 0 Å². The molecule has 0 fully saturated rings. The van der Waals surface area contributed by atoms with Crippen LogP contribution in [-0.2, 0) is 6.54 Å². The first-order valence-corrected chi connectivity index (χ1v) is 9.02. The van der Waals surface area contributed by atoms with Gasteiger partial charge in [-0.05, 0) is 25.5 Å². The van der Waals surface area contributed by atoms with Crippen LogP contribution >= 0.6 is 11.8 Å². The highest BCUT2D eigenvalue weighted by molar-refractivity contribution is 8.14. The van der Waals surface area contributed by atoms with Crippen LogP contribution in [0.4, 0.5) is 5.82 Å². The van der Waals surface area contributed by atoms with E-state index in [4.69, 9.17) is 10.1 Å². The largest absolute Gasteiger partial charge is 0.329 e. The molecule has 1 atom stereocenters. The predicted octanol–water partition coefficient (Wildman–Crippen LogP) is 3.81. The SMILES string of the molecule is CC1=Nc2c(c(C)nn2Cc2ccccc2)[C@@H](c2ccc[nH]c2=O)S1. The highest BCUT2D eigenvalue weighted by Crippen LogP contribution is 2.45. The summed E-state index contributed by atoms with van der Waals surface area (Å²) in [7, 11) is 0. The molecule has 25 heavy (non-hydrogen) atoms. The van der Waals surface area contributed by atoms with Gasteiger partial charge in [-0.2, -0.15) is 5.10 Å². The van der Waals surface area contributed by atoms with Crippen molar-refractivity contribution < 1.29 is 0 Å². The van der Waals surface area contributed by atoms with Gasteiger partial charge in [0.2, 0.25) is 0 Å². The molecule has 2 aromatic heterocycles. The van der Waals surface area contributed by atoms with Crippen LogP contribution in [0.3, 0.4) is 0 Å². The van der Waals surface area contributed by atoms with Crippen LogP contribution in [0.2, 0.25) is 0 Å². The van der Waals surface area contributed by atoms with Gasteiger partial charge in [-0.25, -0.2) is 9.67 Å². The number of aryl methyl sites for hydroxylation is 1. The van der Waals surface area contributed by atoms with Gasteiger partial charge in [0.25, 0.3) is 5.56 Å². The van der Waals surface area contributed by atoms with Crippen LogP contribution in [0.5, 0.6) is 0 Å². The number of aliphatic imine (C=N–C) groups is 1. The minimum absolute atomic E-state index is 0.0594. The Bertz CT molecular complexity index is 1000.